The van der Waals surface area contributed by atoms with Crippen molar-refractivity contribution in [2.45, 2.75) is 51.7 Å². The Morgan fingerprint density at radius 3 is 2.48 bits per heavy atom. The Kier molecular flexibility index (Phi) is 8.04. The van der Waals surface area contributed by atoms with E-state index in [1.807, 2.05) is 0 Å². The van der Waals surface area contributed by atoms with Crippen LogP contribution >= 0.6 is 0 Å². The van der Waals surface area contributed by atoms with E-state index in [-0.39, 0.29) is 12.2 Å². The fraction of sp³-hybridized carbons (Fsp3) is 0.562. The Balaban J connectivity index is 2.48. The van der Waals surface area contributed by atoms with Gasteiger partial charge in [0.1, 0.15) is 5.57 Å². The number of carbonyl (C=O) groups is 3. The molecule has 0 saturated heterocycles. The number of esters is 2. The molecule has 0 aromatic carbocycles. The number of aliphatic hydroxyl groups is 1. The van der Waals surface area contributed by atoms with Crippen molar-refractivity contribution >= 4 is 17.9 Å². The number of aliphatic carboxylic acids is 1. The first kappa shape index (κ1) is 18.9. The summed E-state index contributed by atoms with van der Waals surface area (Å²) in [5.74, 6) is -3.29. The van der Waals surface area contributed by atoms with Crippen LogP contribution in [0.2, 0.25) is 0 Å². The molecule has 0 amide bonds. The van der Waals surface area contributed by atoms with Gasteiger partial charge in [0, 0.05) is 11.6 Å². The lowest BCUT2D eigenvalue weighted by Crippen LogP contribution is -2.18. The SMILES string of the molecule is CCCCCCCCOC(=O)C(=CC1=CC(=O)OC1O)C(=O)O. The number of rotatable bonds is 10. The smallest absolute Gasteiger partial charge is 0.345 e. The van der Waals surface area contributed by atoms with E-state index in [1.54, 1.807) is 0 Å². The molecular formula is C16H22O7. The molecule has 1 rings (SSSR count). The Morgan fingerprint density at radius 2 is 1.91 bits per heavy atom. The first-order chi connectivity index (χ1) is 11.0. The molecule has 0 radical (unpaired) electrons. The van der Waals surface area contributed by atoms with Crippen molar-refractivity contribution < 1.29 is 34.1 Å². The normalized spacial score (nSPS) is 17.7. The lowest BCUT2D eigenvalue weighted by atomic mass is 10.1. The van der Waals surface area contributed by atoms with Crippen LogP contribution in [0, 0.1) is 0 Å². The van der Waals surface area contributed by atoms with E-state index >= 15 is 0 Å². The molecule has 0 bridgehead atoms. The molecule has 1 aliphatic heterocycles. The largest absolute Gasteiger partial charge is 0.477 e. The van der Waals surface area contributed by atoms with Crippen LogP contribution in [0.3, 0.4) is 0 Å². The van der Waals surface area contributed by atoms with Crippen LogP contribution in [0.1, 0.15) is 45.4 Å². The second kappa shape index (κ2) is 9.78. The molecule has 0 aromatic heterocycles. The maximum absolute atomic E-state index is 11.8. The molecule has 0 aromatic rings. The van der Waals surface area contributed by atoms with Crippen LogP contribution in [0.15, 0.2) is 23.3 Å². The second-order valence-electron chi connectivity index (χ2n) is 5.20. The Hall–Kier alpha value is -2.15. The number of carbonyl (C=O) groups excluding carboxylic acids is 2. The Morgan fingerprint density at radius 1 is 1.26 bits per heavy atom. The van der Waals surface area contributed by atoms with Crippen molar-refractivity contribution in [2.75, 3.05) is 6.61 Å². The topological polar surface area (TPSA) is 110 Å². The third kappa shape index (κ3) is 6.65. The van der Waals surface area contributed by atoms with Crippen molar-refractivity contribution in [2.24, 2.45) is 0 Å². The van der Waals surface area contributed by atoms with Gasteiger partial charge in [-0.25, -0.2) is 14.4 Å². The first-order valence-corrected chi connectivity index (χ1v) is 7.68. The predicted molar refractivity (Wildman–Crippen MR) is 80.2 cm³/mol. The minimum atomic E-state index is -1.57. The highest BCUT2D eigenvalue weighted by molar-refractivity contribution is 6.13. The quantitative estimate of drug-likeness (QED) is 0.207. The number of ether oxygens (including phenoxy) is 2. The number of unbranched alkanes of at least 4 members (excludes halogenated alkanes) is 5. The van der Waals surface area contributed by atoms with E-state index < -0.39 is 29.8 Å². The van der Waals surface area contributed by atoms with Crippen LogP contribution in [0.25, 0.3) is 0 Å². The fourth-order valence-corrected chi connectivity index (χ4v) is 2.03. The van der Waals surface area contributed by atoms with Crippen LogP contribution in [0.4, 0.5) is 0 Å². The average Bonchev–Trinajstić information content (AvgIpc) is 2.81. The predicted octanol–water partition coefficient (Wildman–Crippen LogP) is 1.70. The molecule has 1 atom stereocenters. The Labute approximate surface area is 134 Å². The summed E-state index contributed by atoms with van der Waals surface area (Å²) >= 11 is 0. The number of hydrogen-bond acceptors (Lipinski definition) is 6. The molecule has 0 fully saturated rings. The highest BCUT2D eigenvalue weighted by atomic mass is 16.6. The zero-order valence-electron chi connectivity index (χ0n) is 13.1. The molecule has 1 unspecified atom stereocenters. The van der Waals surface area contributed by atoms with Gasteiger partial charge < -0.3 is 19.7 Å². The van der Waals surface area contributed by atoms with Gasteiger partial charge in [0.2, 0.25) is 6.29 Å². The van der Waals surface area contributed by atoms with E-state index in [0.717, 1.165) is 37.8 Å². The number of aliphatic hydroxyl groups excluding tert-OH is 1. The van der Waals surface area contributed by atoms with Gasteiger partial charge in [-0.3, -0.25) is 0 Å². The molecule has 2 N–H and O–H groups in total. The lowest BCUT2D eigenvalue weighted by molar-refractivity contribution is -0.150. The summed E-state index contributed by atoms with van der Waals surface area (Å²) in [7, 11) is 0. The fourth-order valence-electron chi connectivity index (χ4n) is 2.03. The highest BCUT2D eigenvalue weighted by Crippen LogP contribution is 2.17. The summed E-state index contributed by atoms with van der Waals surface area (Å²) in [5.41, 5.74) is -0.747. The number of cyclic esters (lactones) is 1. The molecule has 128 valence electrons. The third-order valence-electron chi connectivity index (χ3n) is 3.29. The van der Waals surface area contributed by atoms with E-state index in [2.05, 4.69) is 11.7 Å². The highest BCUT2D eigenvalue weighted by Gasteiger charge is 2.26. The van der Waals surface area contributed by atoms with E-state index in [1.165, 1.54) is 6.42 Å². The molecule has 0 spiro atoms. The first-order valence-electron chi connectivity index (χ1n) is 7.68. The molecule has 7 heteroatoms. The van der Waals surface area contributed by atoms with Crippen molar-refractivity contribution in [3.05, 3.63) is 23.3 Å². The van der Waals surface area contributed by atoms with E-state index in [9.17, 15) is 19.5 Å². The summed E-state index contributed by atoms with van der Waals surface area (Å²) in [6.07, 6.45) is 6.32. The van der Waals surface area contributed by atoms with Crippen molar-refractivity contribution in [1.29, 1.82) is 0 Å². The third-order valence-corrected chi connectivity index (χ3v) is 3.29. The van der Waals surface area contributed by atoms with Gasteiger partial charge in [-0.15, -0.1) is 0 Å². The maximum atomic E-state index is 11.8. The number of hydrogen-bond donors (Lipinski definition) is 2. The van der Waals surface area contributed by atoms with Crippen molar-refractivity contribution in [1.82, 2.24) is 0 Å². The van der Waals surface area contributed by atoms with Crippen LogP contribution in [0.5, 0.6) is 0 Å². The van der Waals surface area contributed by atoms with Crippen LogP contribution < -0.4 is 0 Å². The van der Waals surface area contributed by atoms with Gasteiger partial charge in [0.25, 0.3) is 0 Å². The Bertz CT molecular complexity index is 505. The zero-order valence-corrected chi connectivity index (χ0v) is 13.1. The minimum absolute atomic E-state index is 0.0936. The molecule has 1 heterocycles. The molecule has 0 saturated carbocycles. The summed E-state index contributed by atoms with van der Waals surface area (Å²) in [6.45, 7) is 2.25. The zero-order chi connectivity index (χ0) is 17.2. The van der Waals surface area contributed by atoms with Gasteiger partial charge >= 0.3 is 17.9 Å². The minimum Gasteiger partial charge on any atom is -0.477 e. The van der Waals surface area contributed by atoms with Crippen LogP contribution in [-0.2, 0) is 23.9 Å². The molecule has 1 aliphatic rings. The number of carboxylic acids is 1. The summed E-state index contributed by atoms with van der Waals surface area (Å²) in [4.78, 5) is 33.9. The molecule has 7 nitrogen and oxygen atoms in total. The molecule has 0 aliphatic carbocycles. The van der Waals surface area contributed by atoms with Gasteiger partial charge in [-0.05, 0) is 12.5 Å². The van der Waals surface area contributed by atoms with Crippen molar-refractivity contribution in [3.8, 4) is 0 Å². The molecule has 23 heavy (non-hydrogen) atoms. The number of carboxylic acid groups (broad SMARTS) is 1. The standard InChI is InChI=1S/C16H22O7/c1-2-3-4-5-6-7-8-22-16(21)12(14(18)19)9-11-10-13(17)23-15(11)20/h9-10,15,20H,2-8H2,1H3,(H,18,19). The second-order valence-corrected chi connectivity index (χ2v) is 5.20. The van der Waals surface area contributed by atoms with Gasteiger partial charge in [-0.1, -0.05) is 39.0 Å². The van der Waals surface area contributed by atoms with Gasteiger partial charge in [0.05, 0.1) is 6.61 Å². The van der Waals surface area contributed by atoms with Crippen molar-refractivity contribution in [3.63, 3.8) is 0 Å². The average molecular weight is 326 g/mol. The lowest BCUT2D eigenvalue weighted by Gasteiger charge is -2.07. The summed E-state index contributed by atoms with van der Waals surface area (Å²) in [6, 6.07) is 0. The molecular weight excluding hydrogens is 304 g/mol. The van der Waals surface area contributed by atoms with Crippen LogP contribution in [-0.4, -0.2) is 41.0 Å². The van der Waals surface area contributed by atoms with Gasteiger partial charge in [-0.2, -0.15) is 0 Å². The van der Waals surface area contributed by atoms with E-state index in [0.29, 0.717) is 6.42 Å². The maximum Gasteiger partial charge on any atom is 0.345 e. The monoisotopic (exact) mass is 326 g/mol. The van der Waals surface area contributed by atoms with Gasteiger partial charge in [0.15, 0.2) is 0 Å². The van der Waals surface area contributed by atoms with E-state index in [4.69, 9.17) is 9.84 Å². The summed E-state index contributed by atoms with van der Waals surface area (Å²) < 4.78 is 9.34. The summed E-state index contributed by atoms with van der Waals surface area (Å²) in [5, 5.41) is 18.4.